The normalized spacial score (nSPS) is 9.77. The zero-order chi connectivity index (χ0) is 9.68. The summed E-state index contributed by atoms with van der Waals surface area (Å²) in [5.41, 5.74) is 1.80. The van der Waals surface area contributed by atoms with Crippen LogP contribution in [0.25, 0.3) is 0 Å². The van der Waals surface area contributed by atoms with E-state index in [9.17, 15) is 4.79 Å². The van der Waals surface area contributed by atoms with E-state index in [1.165, 1.54) is 6.08 Å². The predicted octanol–water partition coefficient (Wildman–Crippen LogP) is 1.72. The van der Waals surface area contributed by atoms with Gasteiger partial charge in [0.1, 0.15) is 0 Å². The molecule has 0 spiro atoms. The van der Waals surface area contributed by atoms with E-state index in [0.717, 1.165) is 12.1 Å². The monoisotopic (exact) mass is 176 g/mol. The number of isocyanates is 1. The zero-order valence-electron chi connectivity index (χ0n) is 7.82. The van der Waals surface area contributed by atoms with Crippen LogP contribution in [0.4, 0.5) is 5.69 Å². The van der Waals surface area contributed by atoms with Gasteiger partial charge in [0.05, 0.1) is 5.69 Å². The highest BCUT2D eigenvalue weighted by Gasteiger charge is 1.95. The molecule has 1 aromatic rings. The van der Waals surface area contributed by atoms with Crippen molar-refractivity contribution < 1.29 is 4.79 Å². The molecule has 3 heteroatoms. The predicted molar refractivity (Wildman–Crippen MR) is 51.6 cm³/mol. The van der Waals surface area contributed by atoms with Crippen molar-refractivity contribution in [3.63, 3.8) is 0 Å². The quantitative estimate of drug-likeness (QED) is 0.519. The average molecular weight is 176 g/mol. The van der Waals surface area contributed by atoms with Crippen molar-refractivity contribution in [2.45, 2.75) is 6.54 Å². The first-order chi connectivity index (χ1) is 6.22. The molecule has 0 saturated heterocycles. The van der Waals surface area contributed by atoms with Gasteiger partial charge in [0.25, 0.3) is 0 Å². The molecule has 68 valence electrons. The molecule has 0 aliphatic heterocycles. The second-order valence-electron chi connectivity index (χ2n) is 3.11. The van der Waals surface area contributed by atoms with Crippen LogP contribution < -0.4 is 0 Å². The summed E-state index contributed by atoms with van der Waals surface area (Å²) in [6.07, 6.45) is 1.53. The molecule has 13 heavy (non-hydrogen) atoms. The second-order valence-corrected chi connectivity index (χ2v) is 3.11. The molecule has 3 nitrogen and oxygen atoms in total. The summed E-state index contributed by atoms with van der Waals surface area (Å²) >= 11 is 0. The Kier molecular flexibility index (Phi) is 3.38. The lowest BCUT2D eigenvalue weighted by molar-refractivity contribution is 0.402. The van der Waals surface area contributed by atoms with Crippen LogP contribution in [0.5, 0.6) is 0 Å². The Morgan fingerprint density at radius 2 is 2.23 bits per heavy atom. The Hall–Kier alpha value is -1.44. The summed E-state index contributed by atoms with van der Waals surface area (Å²) in [4.78, 5) is 15.6. The van der Waals surface area contributed by atoms with Crippen molar-refractivity contribution in [1.29, 1.82) is 0 Å². The van der Waals surface area contributed by atoms with Gasteiger partial charge in [0.2, 0.25) is 6.08 Å². The van der Waals surface area contributed by atoms with Crippen LogP contribution in [-0.2, 0) is 11.3 Å². The van der Waals surface area contributed by atoms with E-state index in [0.29, 0.717) is 5.69 Å². The third kappa shape index (κ3) is 3.20. The van der Waals surface area contributed by atoms with Crippen molar-refractivity contribution in [2.24, 2.45) is 4.99 Å². The minimum atomic E-state index is 0.661. The largest absolute Gasteiger partial charge is 0.305 e. The SMILES string of the molecule is CN(C)Cc1cccc(N=C=O)c1. The Bertz CT molecular complexity index is 327. The lowest BCUT2D eigenvalue weighted by Crippen LogP contribution is -2.10. The molecule has 0 aliphatic carbocycles. The molecule has 1 rings (SSSR count). The fraction of sp³-hybridized carbons (Fsp3) is 0.300. The molecule has 0 unspecified atom stereocenters. The third-order valence-corrected chi connectivity index (χ3v) is 1.58. The van der Waals surface area contributed by atoms with Crippen molar-refractivity contribution in [1.82, 2.24) is 4.90 Å². The molecule has 0 N–H and O–H groups in total. The van der Waals surface area contributed by atoms with Gasteiger partial charge in [0.15, 0.2) is 0 Å². The molecular formula is C10H12N2O. The van der Waals surface area contributed by atoms with Crippen LogP contribution in [-0.4, -0.2) is 25.1 Å². The second kappa shape index (κ2) is 4.55. The van der Waals surface area contributed by atoms with Crippen molar-refractivity contribution in [3.05, 3.63) is 29.8 Å². The summed E-state index contributed by atoms with van der Waals surface area (Å²) in [7, 11) is 3.99. The Morgan fingerprint density at radius 1 is 1.46 bits per heavy atom. The fourth-order valence-corrected chi connectivity index (χ4v) is 1.14. The van der Waals surface area contributed by atoms with Crippen molar-refractivity contribution >= 4 is 11.8 Å². The number of carbonyl (C=O) groups excluding carboxylic acids is 1. The summed E-state index contributed by atoms with van der Waals surface area (Å²) < 4.78 is 0. The molecule has 0 fully saturated rings. The Balaban J connectivity index is 2.85. The highest BCUT2D eigenvalue weighted by molar-refractivity contribution is 5.49. The first-order valence-electron chi connectivity index (χ1n) is 4.04. The Morgan fingerprint density at radius 3 is 2.85 bits per heavy atom. The number of aliphatic imine (C=N–C) groups is 1. The van der Waals surface area contributed by atoms with E-state index < -0.39 is 0 Å². The number of benzene rings is 1. The first-order valence-corrected chi connectivity index (χ1v) is 4.04. The number of hydrogen-bond donors (Lipinski definition) is 0. The third-order valence-electron chi connectivity index (χ3n) is 1.58. The van der Waals surface area contributed by atoms with Gasteiger partial charge >= 0.3 is 0 Å². The minimum Gasteiger partial charge on any atom is -0.305 e. The summed E-state index contributed by atoms with van der Waals surface area (Å²) in [6.45, 7) is 0.849. The summed E-state index contributed by atoms with van der Waals surface area (Å²) in [5, 5.41) is 0. The molecular weight excluding hydrogens is 164 g/mol. The van der Waals surface area contributed by atoms with Gasteiger partial charge in [-0.2, -0.15) is 4.99 Å². The van der Waals surface area contributed by atoms with Gasteiger partial charge < -0.3 is 4.90 Å². The van der Waals surface area contributed by atoms with Gasteiger partial charge in [-0.3, -0.25) is 0 Å². The van der Waals surface area contributed by atoms with E-state index in [1.807, 2.05) is 32.3 Å². The van der Waals surface area contributed by atoms with E-state index >= 15 is 0 Å². The van der Waals surface area contributed by atoms with Crippen LogP contribution in [0, 0.1) is 0 Å². The zero-order valence-corrected chi connectivity index (χ0v) is 7.82. The van der Waals surface area contributed by atoms with Gasteiger partial charge in [-0.15, -0.1) is 0 Å². The number of rotatable bonds is 3. The molecule has 0 amide bonds. The highest BCUT2D eigenvalue weighted by atomic mass is 16.1. The molecule has 1 aromatic carbocycles. The smallest absolute Gasteiger partial charge is 0.240 e. The lowest BCUT2D eigenvalue weighted by Gasteiger charge is -2.09. The molecule has 0 radical (unpaired) electrons. The maximum Gasteiger partial charge on any atom is 0.240 e. The maximum atomic E-state index is 10.0. The van der Waals surface area contributed by atoms with Crippen LogP contribution in [0.3, 0.4) is 0 Å². The lowest BCUT2D eigenvalue weighted by atomic mass is 10.2. The van der Waals surface area contributed by atoms with Gasteiger partial charge in [0, 0.05) is 6.54 Å². The van der Waals surface area contributed by atoms with E-state index in [4.69, 9.17) is 0 Å². The molecule has 0 saturated carbocycles. The van der Waals surface area contributed by atoms with E-state index in [2.05, 4.69) is 9.89 Å². The number of hydrogen-bond acceptors (Lipinski definition) is 3. The molecule has 0 aromatic heterocycles. The Labute approximate surface area is 77.7 Å². The van der Waals surface area contributed by atoms with E-state index in [1.54, 1.807) is 6.07 Å². The van der Waals surface area contributed by atoms with Crippen molar-refractivity contribution in [2.75, 3.05) is 14.1 Å². The first kappa shape index (κ1) is 9.65. The van der Waals surface area contributed by atoms with E-state index in [-0.39, 0.29) is 0 Å². The molecule has 0 heterocycles. The molecule has 0 atom stereocenters. The van der Waals surface area contributed by atoms with Crippen molar-refractivity contribution in [3.8, 4) is 0 Å². The summed E-state index contributed by atoms with van der Waals surface area (Å²) in [5.74, 6) is 0. The molecule has 0 aliphatic rings. The van der Waals surface area contributed by atoms with Gasteiger partial charge in [-0.05, 0) is 31.8 Å². The van der Waals surface area contributed by atoms with Gasteiger partial charge in [-0.1, -0.05) is 12.1 Å². The average Bonchev–Trinajstić information content (AvgIpc) is 2.04. The number of nitrogens with zero attached hydrogens (tertiary/aromatic N) is 2. The van der Waals surface area contributed by atoms with Crippen LogP contribution in [0.15, 0.2) is 29.3 Å². The fourth-order valence-electron chi connectivity index (χ4n) is 1.14. The summed E-state index contributed by atoms with van der Waals surface area (Å²) in [6, 6.07) is 7.55. The van der Waals surface area contributed by atoms with Crippen LogP contribution in [0.1, 0.15) is 5.56 Å². The topological polar surface area (TPSA) is 32.7 Å². The standard InChI is InChI=1S/C10H12N2O/c1-12(2)7-9-4-3-5-10(6-9)11-8-13/h3-6H,7H2,1-2H3. The van der Waals surface area contributed by atoms with Gasteiger partial charge in [-0.25, -0.2) is 4.79 Å². The van der Waals surface area contributed by atoms with Crippen LogP contribution >= 0.6 is 0 Å². The molecule has 0 bridgehead atoms. The van der Waals surface area contributed by atoms with Crippen LogP contribution in [0.2, 0.25) is 0 Å². The maximum absolute atomic E-state index is 10.0. The highest BCUT2D eigenvalue weighted by Crippen LogP contribution is 2.13. The minimum absolute atomic E-state index is 0.661.